The van der Waals surface area contributed by atoms with E-state index in [4.69, 9.17) is 14.0 Å². The number of methoxy groups -OCH3 is 1. The quantitative estimate of drug-likeness (QED) is 0.691. The van der Waals surface area contributed by atoms with Crippen molar-refractivity contribution in [2.75, 3.05) is 13.7 Å². The van der Waals surface area contributed by atoms with Crippen LogP contribution in [0.1, 0.15) is 52.5 Å². The molecule has 2 aliphatic rings. The number of likely N-dealkylation sites (tertiary alicyclic amines) is 1. The van der Waals surface area contributed by atoms with Crippen LogP contribution in [-0.2, 0) is 20.5 Å². The first kappa shape index (κ1) is 22.9. The summed E-state index contributed by atoms with van der Waals surface area (Å²) in [5.74, 6) is -0.106. The average molecular weight is 427 g/mol. The van der Waals surface area contributed by atoms with Crippen LogP contribution in [0.4, 0.5) is 13.2 Å². The monoisotopic (exact) mass is 427 g/mol. The molecule has 2 fully saturated rings. The van der Waals surface area contributed by atoms with Gasteiger partial charge in [-0.1, -0.05) is 12.1 Å². The van der Waals surface area contributed by atoms with E-state index in [0.29, 0.717) is 29.6 Å². The number of amides is 1. The van der Waals surface area contributed by atoms with Crippen molar-refractivity contribution in [2.24, 2.45) is 0 Å². The Hall–Kier alpha value is -1.74. The summed E-state index contributed by atoms with van der Waals surface area (Å²) in [6.07, 6.45) is -3.62. The van der Waals surface area contributed by atoms with Crippen molar-refractivity contribution in [1.29, 1.82) is 0 Å². The van der Waals surface area contributed by atoms with Crippen molar-refractivity contribution in [1.82, 2.24) is 4.90 Å². The normalized spacial score (nSPS) is 23.5. The van der Waals surface area contributed by atoms with Gasteiger partial charge in [-0.05, 0) is 58.5 Å². The number of carbonyl (C=O) groups excluding carboxylic acids is 1. The lowest BCUT2D eigenvalue weighted by atomic mass is 9.78. The van der Waals surface area contributed by atoms with Crippen LogP contribution in [0.3, 0.4) is 0 Å². The molecule has 2 aliphatic heterocycles. The van der Waals surface area contributed by atoms with E-state index in [-0.39, 0.29) is 19.4 Å². The molecule has 0 N–H and O–H groups in total. The Morgan fingerprint density at radius 3 is 2.40 bits per heavy atom. The molecule has 2 heterocycles. The molecular weight excluding hydrogens is 398 g/mol. The Bertz CT molecular complexity index is 781. The molecule has 1 aromatic rings. The lowest BCUT2D eigenvalue weighted by molar-refractivity contribution is -0.195. The minimum atomic E-state index is -4.43. The van der Waals surface area contributed by atoms with E-state index < -0.39 is 36.4 Å². The van der Waals surface area contributed by atoms with Crippen LogP contribution in [0, 0.1) is 0 Å². The van der Waals surface area contributed by atoms with Crippen molar-refractivity contribution in [3.05, 3.63) is 23.8 Å². The van der Waals surface area contributed by atoms with E-state index in [9.17, 15) is 18.0 Å². The third-order valence-corrected chi connectivity index (χ3v) is 6.37. The molecule has 0 saturated carbocycles. The third-order valence-electron chi connectivity index (χ3n) is 6.37. The molecule has 0 aromatic heterocycles. The SMILES string of the molecule is COc1ccc(B2OC(C)(C)C(C)(C)O2)cc1CC(=O)N1CCCCC1C(F)(F)F. The lowest BCUT2D eigenvalue weighted by Gasteiger charge is -2.37. The molecule has 1 aromatic carbocycles. The predicted molar refractivity (Wildman–Crippen MR) is 108 cm³/mol. The largest absolute Gasteiger partial charge is 0.496 e. The van der Waals surface area contributed by atoms with Gasteiger partial charge in [-0.15, -0.1) is 0 Å². The molecule has 5 nitrogen and oxygen atoms in total. The summed E-state index contributed by atoms with van der Waals surface area (Å²) >= 11 is 0. The van der Waals surface area contributed by atoms with Crippen LogP contribution in [-0.4, -0.2) is 55.0 Å². The van der Waals surface area contributed by atoms with Gasteiger partial charge in [-0.3, -0.25) is 4.79 Å². The molecule has 3 rings (SSSR count). The van der Waals surface area contributed by atoms with Crippen LogP contribution < -0.4 is 10.2 Å². The van der Waals surface area contributed by atoms with Gasteiger partial charge >= 0.3 is 13.3 Å². The Kier molecular flexibility index (Phi) is 6.17. The number of piperidine rings is 1. The number of hydrogen-bond donors (Lipinski definition) is 0. The third kappa shape index (κ3) is 4.47. The fraction of sp³-hybridized carbons (Fsp3) is 0.667. The minimum absolute atomic E-state index is 0.0552. The number of hydrogen-bond acceptors (Lipinski definition) is 4. The highest BCUT2D eigenvalue weighted by Crippen LogP contribution is 2.37. The highest BCUT2D eigenvalue weighted by atomic mass is 19.4. The van der Waals surface area contributed by atoms with Crippen LogP contribution in [0.25, 0.3) is 0 Å². The Morgan fingerprint density at radius 2 is 1.83 bits per heavy atom. The Labute approximate surface area is 176 Å². The van der Waals surface area contributed by atoms with Crippen molar-refractivity contribution < 1.29 is 32.0 Å². The number of benzene rings is 1. The number of nitrogens with zero attached hydrogens (tertiary/aromatic N) is 1. The maximum atomic E-state index is 13.4. The van der Waals surface area contributed by atoms with Crippen LogP contribution >= 0.6 is 0 Å². The highest BCUT2D eigenvalue weighted by Gasteiger charge is 2.52. The summed E-state index contributed by atoms with van der Waals surface area (Å²) in [6.45, 7) is 7.87. The second kappa shape index (κ2) is 8.07. The fourth-order valence-corrected chi connectivity index (χ4v) is 3.90. The second-order valence-electron chi connectivity index (χ2n) is 8.98. The number of ether oxygens (including phenoxy) is 1. The zero-order valence-electron chi connectivity index (χ0n) is 18.1. The molecule has 30 heavy (non-hydrogen) atoms. The summed E-state index contributed by atoms with van der Waals surface area (Å²) in [7, 11) is 0.838. The number of alkyl halides is 3. The minimum Gasteiger partial charge on any atom is -0.496 e. The molecule has 0 radical (unpaired) electrons. The molecular formula is C21H29BF3NO4. The van der Waals surface area contributed by atoms with Gasteiger partial charge < -0.3 is 18.9 Å². The first-order valence-corrected chi connectivity index (χ1v) is 10.2. The molecule has 0 spiro atoms. The molecule has 1 atom stereocenters. The molecule has 166 valence electrons. The summed E-state index contributed by atoms with van der Waals surface area (Å²) in [6, 6.07) is 3.48. The predicted octanol–water partition coefficient (Wildman–Crippen LogP) is 3.48. The van der Waals surface area contributed by atoms with Gasteiger partial charge in [0.25, 0.3) is 0 Å². The number of halogens is 3. The molecule has 2 saturated heterocycles. The topological polar surface area (TPSA) is 48.0 Å². The van der Waals surface area contributed by atoms with Crippen LogP contribution in [0.15, 0.2) is 18.2 Å². The van der Waals surface area contributed by atoms with E-state index in [1.165, 1.54) is 7.11 Å². The summed E-state index contributed by atoms with van der Waals surface area (Å²) in [5.41, 5.74) is 0.160. The van der Waals surface area contributed by atoms with Gasteiger partial charge in [-0.2, -0.15) is 13.2 Å². The van der Waals surface area contributed by atoms with Gasteiger partial charge in [0.2, 0.25) is 5.91 Å². The van der Waals surface area contributed by atoms with E-state index in [0.717, 1.165) is 4.90 Å². The average Bonchev–Trinajstić information content (AvgIpc) is 2.88. The standard InChI is InChI=1S/C21H29BF3NO4/c1-19(2)20(3,4)30-22(29-19)15-9-10-16(28-5)14(12-15)13-18(27)26-11-7-6-8-17(26)21(23,24)25/h9-10,12,17H,6-8,11,13H2,1-5H3. The molecule has 1 unspecified atom stereocenters. The van der Waals surface area contributed by atoms with Crippen molar-refractivity contribution >= 4 is 18.5 Å². The fourth-order valence-electron chi connectivity index (χ4n) is 3.90. The summed E-state index contributed by atoms with van der Waals surface area (Å²) in [4.78, 5) is 13.8. The number of carbonyl (C=O) groups is 1. The van der Waals surface area contributed by atoms with Gasteiger partial charge in [0.05, 0.1) is 24.7 Å². The first-order valence-electron chi connectivity index (χ1n) is 10.2. The maximum Gasteiger partial charge on any atom is 0.494 e. The smallest absolute Gasteiger partial charge is 0.494 e. The van der Waals surface area contributed by atoms with E-state index >= 15 is 0 Å². The van der Waals surface area contributed by atoms with E-state index in [1.54, 1.807) is 18.2 Å². The van der Waals surface area contributed by atoms with Crippen LogP contribution in [0.2, 0.25) is 0 Å². The van der Waals surface area contributed by atoms with Gasteiger partial charge in [-0.25, -0.2) is 0 Å². The van der Waals surface area contributed by atoms with E-state index in [2.05, 4.69) is 0 Å². The molecule has 9 heteroatoms. The Morgan fingerprint density at radius 1 is 1.20 bits per heavy atom. The summed E-state index contributed by atoms with van der Waals surface area (Å²) in [5, 5.41) is 0. The van der Waals surface area contributed by atoms with Crippen molar-refractivity contribution in [3.8, 4) is 5.75 Å². The number of rotatable bonds is 4. The van der Waals surface area contributed by atoms with E-state index in [1.807, 2.05) is 27.7 Å². The molecule has 0 bridgehead atoms. The first-order chi connectivity index (χ1) is 13.9. The van der Waals surface area contributed by atoms with Crippen molar-refractivity contribution in [2.45, 2.75) is 76.8 Å². The van der Waals surface area contributed by atoms with Crippen molar-refractivity contribution in [3.63, 3.8) is 0 Å². The van der Waals surface area contributed by atoms with Gasteiger partial charge in [0.1, 0.15) is 11.8 Å². The molecule has 0 aliphatic carbocycles. The zero-order chi connectivity index (χ0) is 22.3. The second-order valence-corrected chi connectivity index (χ2v) is 8.98. The Balaban J connectivity index is 1.83. The zero-order valence-corrected chi connectivity index (χ0v) is 18.1. The summed E-state index contributed by atoms with van der Waals surface area (Å²) < 4.78 is 57.7. The molecule has 1 amide bonds. The van der Waals surface area contributed by atoms with Gasteiger partial charge in [0, 0.05) is 12.1 Å². The van der Waals surface area contributed by atoms with Gasteiger partial charge in [0.15, 0.2) is 0 Å². The van der Waals surface area contributed by atoms with Crippen LogP contribution in [0.5, 0.6) is 5.75 Å². The lowest BCUT2D eigenvalue weighted by Crippen LogP contribution is -2.51. The highest BCUT2D eigenvalue weighted by molar-refractivity contribution is 6.62. The maximum absolute atomic E-state index is 13.4.